The van der Waals surface area contributed by atoms with Gasteiger partial charge in [0.1, 0.15) is 11.2 Å². The lowest BCUT2D eigenvalue weighted by Gasteiger charge is -2.30. The Kier molecular flexibility index (Phi) is 4.96. The van der Waals surface area contributed by atoms with Gasteiger partial charge >= 0.3 is 12.2 Å². The smallest absolute Gasteiger partial charge is 0.351 e. The van der Waals surface area contributed by atoms with E-state index in [2.05, 4.69) is 4.99 Å². The van der Waals surface area contributed by atoms with E-state index in [-0.39, 0.29) is 5.69 Å². The minimum Gasteiger partial charge on any atom is -0.351 e. The number of aliphatic imine (C=N–C) groups is 1. The number of carbonyl (C=O) groups is 1. The molecule has 6 nitrogen and oxygen atoms in total. The van der Waals surface area contributed by atoms with Crippen LogP contribution < -0.4 is 21.3 Å². The van der Waals surface area contributed by atoms with Crippen molar-refractivity contribution in [1.82, 2.24) is 0 Å². The van der Waals surface area contributed by atoms with Gasteiger partial charge in [0.05, 0.1) is 23.3 Å². The minimum absolute atomic E-state index is 0.0178. The molecule has 30 heavy (non-hydrogen) atoms. The maximum absolute atomic E-state index is 13.0. The van der Waals surface area contributed by atoms with Gasteiger partial charge in [-0.15, -0.1) is 11.3 Å². The van der Waals surface area contributed by atoms with Crippen molar-refractivity contribution in [2.24, 2.45) is 16.5 Å². The number of fused-ring (bicyclic) bond motifs is 1. The number of rotatable bonds is 3. The van der Waals surface area contributed by atoms with Crippen molar-refractivity contribution in [2.75, 3.05) is 9.80 Å². The van der Waals surface area contributed by atoms with Crippen LogP contribution in [0.3, 0.4) is 0 Å². The lowest BCUT2D eigenvalue weighted by Crippen LogP contribution is -2.35. The van der Waals surface area contributed by atoms with Crippen LogP contribution in [-0.2, 0) is 6.18 Å². The number of primary amides is 1. The van der Waals surface area contributed by atoms with Crippen LogP contribution >= 0.6 is 11.3 Å². The van der Waals surface area contributed by atoms with Gasteiger partial charge in [0, 0.05) is 11.3 Å². The molecule has 0 aliphatic carbocycles. The SMILES string of the molecule is NC(=O)N(c1ccc(N2C=Nc3sccc3C2N)cc1)c1cccc(C(F)(F)F)c1. The van der Waals surface area contributed by atoms with Crippen molar-refractivity contribution in [1.29, 1.82) is 0 Å². The molecule has 1 aromatic heterocycles. The van der Waals surface area contributed by atoms with Crippen LogP contribution in [0.1, 0.15) is 17.3 Å². The molecule has 2 aromatic carbocycles. The number of thiophene rings is 1. The molecule has 0 spiro atoms. The number of benzene rings is 2. The molecule has 0 saturated carbocycles. The van der Waals surface area contributed by atoms with Crippen molar-refractivity contribution in [3.63, 3.8) is 0 Å². The van der Waals surface area contributed by atoms with Crippen LogP contribution in [0.2, 0.25) is 0 Å². The molecule has 2 amide bonds. The number of hydrogen-bond donors (Lipinski definition) is 2. The molecule has 3 aromatic rings. The van der Waals surface area contributed by atoms with Gasteiger partial charge in [0.15, 0.2) is 0 Å². The Labute approximate surface area is 173 Å². The number of amides is 2. The van der Waals surface area contributed by atoms with Crippen molar-refractivity contribution in [2.45, 2.75) is 12.3 Å². The summed E-state index contributed by atoms with van der Waals surface area (Å²) in [7, 11) is 0. The molecule has 1 atom stereocenters. The fraction of sp³-hybridized carbons (Fsp3) is 0.100. The standard InChI is InChI=1S/C20H16F3N5OS/c21-20(22,23)12-2-1-3-15(10-12)28(19(25)29)14-6-4-13(5-7-14)27-11-26-18-16(17(27)24)8-9-30-18/h1-11,17H,24H2,(H2,25,29). The Bertz CT molecular complexity index is 1110. The number of hydrogen-bond acceptors (Lipinski definition) is 5. The summed E-state index contributed by atoms with van der Waals surface area (Å²) in [4.78, 5) is 19.2. The molecule has 1 aliphatic heterocycles. The highest BCUT2D eigenvalue weighted by atomic mass is 32.1. The van der Waals surface area contributed by atoms with Crippen LogP contribution in [0.25, 0.3) is 0 Å². The minimum atomic E-state index is -4.53. The zero-order valence-corrected chi connectivity index (χ0v) is 16.2. The van der Waals surface area contributed by atoms with E-state index in [0.29, 0.717) is 11.4 Å². The topological polar surface area (TPSA) is 88.0 Å². The quantitative estimate of drug-likeness (QED) is 0.603. The molecule has 1 unspecified atom stereocenters. The van der Waals surface area contributed by atoms with Crippen molar-refractivity contribution in [3.05, 3.63) is 71.1 Å². The highest BCUT2D eigenvalue weighted by Crippen LogP contribution is 2.38. The van der Waals surface area contributed by atoms with E-state index in [1.54, 1.807) is 35.5 Å². The maximum Gasteiger partial charge on any atom is 0.416 e. The second kappa shape index (κ2) is 7.47. The highest BCUT2D eigenvalue weighted by Gasteiger charge is 2.31. The lowest BCUT2D eigenvalue weighted by atomic mass is 10.1. The predicted octanol–water partition coefficient (Wildman–Crippen LogP) is 5.12. The first-order chi connectivity index (χ1) is 14.3. The van der Waals surface area contributed by atoms with E-state index in [1.807, 2.05) is 11.4 Å². The Morgan fingerprint density at radius 1 is 1.10 bits per heavy atom. The fourth-order valence-electron chi connectivity index (χ4n) is 3.20. The first-order valence-electron chi connectivity index (χ1n) is 8.78. The van der Waals surface area contributed by atoms with Crippen LogP contribution in [-0.4, -0.2) is 12.4 Å². The third-order valence-electron chi connectivity index (χ3n) is 4.65. The van der Waals surface area contributed by atoms with Gasteiger partial charge in [-0.3, -0.25) is 4.90 Å². The van der Waals surface area contributed by atoms with E-state index < -0.39 is 23.9 Å². The molecule has 1 aliphatic rings. The first-order valence-corrected chi connectivity index (χ1v) is 9.66. The summed E-state index contributed by atoms with van der Waals surface area (Å²) in [6, 6.07) is 12.0. The number of halogens is 3. The van der Waals surface area contributed by atoms with Crippen LogP contribution in [0.4, 0.5) is 40.0 Å². The van der Waals surface area contributed by atoms with Gasteiger partial charge in [-0.25, -0.2) is 9.79 Å². The van der Waals surface area contributed by atoms with E-state index in [4.69, 9.17) is 11.5 Å². The summed E-state index contributed by atoms with van der Waals surface area (Å²) < 4.78 is 39.1. The zero-order valence-electron chi connectivity index (χ0n) is 15.4. The molecule has 0 fully saturated rings. The molecule has 0 bridgehead atoms. The number of anilines is 3. The average Bonchev–Trinajstić information content (AvgIpc) is 3.18. The zero-order chi connectivity index (χ0) is 21.5. The van der Waals surface area contributed by atoms with Gasteiger partial charge in [-0.2, -0.15) is 13.2 Å². The monoisotopic (exact) mass is 431 g/mol. The van der Waals surface area contributed by atoms with Crippen LogP contribution in [0, 0.1) is 0 Å². The Balaban J connectivity index is 1.65. The molecular formula is C20H16F3N5OS. The summed E-state index contributed by atoms with van der Waals surface area (Å²) >= 11 is 1.49. The summed E-state index contributed by atoms with van der Waals surface area (Å²) in [5, 5.41) is 2.76. The second-order valence-corrected chi connectivity index (χ2v) is 7.41. The van der Waals surface area contributed by atoms with E-state index in [1.165, 1.54) is 23.5 Å². The summed E-state index contributed by atoms with van der Waals surface area (Å²) in [6.07, 6.45) is -3.34. The number of nitrogens with zero attached hydrogens (tertiary/aromatic N) is 3. The van der Waals surface area contributed by atoms with Gasteiger partial charge in [0.25, 0.3) is 0 Å². The molecule has 2 heterocycles. The molecule has 0 saturated heterocycles. The largest absolute Gasteiger partial charge is 0.416 e. The van der Waals surface area contributed by atoms with Gasteiger partial charge in [-0.05, 0) is 53.9 Å². The Morgan fingerprint density at radius 2 is 1.83 bits per heavy atom. The highest BCUT2D eigenvalue weighted by molar-refractivity contribution is 7.14. The number of urea groups is 1. The number of alkyl halides is 3. The normalized spacial score (nSPS) is 15.7. The molecule has 10 heteroatoms. The van der Waals surface area contributed by atoms with Crippen molar-refractivity contribution >= 4 is 45.8 Å². The summed E-state index contributed by atoms with van der Waals surface area (Å²) in [5.41, 5.74) is 12.8. The summed E-state index contributed by atoms with van der Waals surface area (Å²) in [5.74, 6) is 0. The lowest BCUT2D eigenvalue weighted by molar-refractivity contribution is -0.137. The van der Waals surface area contributed by atoms with Crippen LogP contribution in [0.15, 0.2) is 65.0 Å². The average molecular weight is 431 g/mol. The molecule has 154 valence electrons. The molecule has 4 N–H and O–H groups in total. The second-order valence-electron chi connectivity index (χ2n) is 6.52. The van der Waals surface area contributed by atoms with Crippen molar-refractivity contribution in [3.8, 4) is 0 Å². The third-order valence-corrected chi connectivity index (χ3v) is 5.49. The van der Waals surface area contributed by atoms with Crippen LogP contribution in [0.5, 0.6) is 0 Å². The molecule has 0 radical (unpaired) electrons. The molecular weight excluding hydrogens is 415 g/mol. The third kappa shape index (κ3) is 3.62. The Hall–Kier alpha value is -3.37. The first kappa shape index (κ1) is 19.9. The van der Waals surface area contributed by atoms with Gasteiger partial charge in [0.2, 0.25) is 0 Å². The van der Waals surface area contributed by atoms with Crippen molar-refractivity contribution < 1.29 is 18.0 Å². The Morgan fingerprint density at radius 3 is 2.50 bits per heavy atom. The van der Waals surface area contributed by atoms with E-state index >= 15 is 0 Å². The fourth-order valence-corrected chi connectivity index (χ4v) is 3.98. The molecule has 4 rings (SSSR count). The summed E-state index contributed by atoms with van der Waals surface area (Å²) in [6.45, 7) is 0. The van der Waals surface area contributed by atoms with E-state index in [0.717, 1.165) is 27.6 Å². The van der Waals surface area contributed by atoms with Gasteiger partial charge < -0.3 is 16.4 Å². The van der Waals surface area contributed by atoms with E-state index in [9.17, 15) is 18.0 Å². The maximum atomic E-state index is 13.0. The number of nitrogens with two attached hydrogens (primary N) is 2. The van der Waals surface area contributed by atoms with Gasteiger partial charge in [-0.1, -0.05) is 6.07 Å². The predicted molar refractivity (Wildman–Crippen MR) is 111 cm³/mol. The number of carbonyl (C=O) groups excluding carboxylic acids is 1.